The third-order valence-corrected chi connectivity index (χ3v) is 4.01. The molecule has 1 aromatic heterocycles. The monoisotopic (exact) mass is 333 g/mol. The van der Waals surface area contributed by atoms with Crippen molar-refractivity contribution in [1.29, 1.82) is 5.26 Å². The highest BCUT2D eigenvalue weighted by Gasteiger charge is 2.07. The molecule has 0 radical (unpaired) electrons. The first-order chi connectivity index (χ1) is 12.2. The first-order valence-corrected chi connectivity index (χ1v) is 8.13. The second-order valence-corrected chi connectivity index (χ2v) is 5.75. The van der Waals surface area contributed by atoms with E-state index in [1.165, 1.54) is 0 Å². The van der Waals surface area contributed by atoms with Crippen LogP contribution in [0.5, 0.6) is 0 Å². The fourth-order valence-electron chi connectivity index (χ4n) is 2.67. The summed E-state index contributed by atoms with van der Waals surface area (Å²) in [6.45, 7) is 0.561. The molecule has 0 aliphatic rings. The number of hydrogen-bond acceptors (Lipinski definition) is 3. The molecule has 0 aliphatic carbocycles. The van der Waals surface area contributed by atoms with Crippen molar-refractivity contribution in [2.45, 2.75) is 12.8 Å². The highest BCUT2D eigenvalue weighted by atomic mass is 16.2. The maximum absolute atomic E-state index is 11.9. The van der Waals surface area contributed by atoms with Crippen molar-refractivity contribution in [3.05, 3.63) is 59.9 Å². The Morgan fingerprint density at radius 3 is 2.68 bits per heavy atom. The zero-order chi connectivity index (χ0) is 17.6. The van der Waals surface area contributed by atoms with Crippen LogP contribution in [0.3, 0.4) is 0 Å². The Morgan fingerprint density at radius 2 is 1.96 bits per heavy atom. The van der Waals surface area contributed by atoms with Crippen LogP contribution < -0.4 is 10.6 Å². The third-order valence-electron chi connectivity index (χ3n) is 4.01. The van der Waals surface area contributed by atoms with Gasteiger partial charge in [0.1, 0.15) is 5.82 Å². The molecular formula is C19H19N5O. The summed E-state index contributed by atoms with van der Waals surface area (Å²) in [7, 11) is 2.01. The fraction of sp³-hybridized carbons (Fsp3) is 0.211. The van der Waals surface area contributed by atoms with Gasteiger partial charge in [0.25, 0.3) is 0 Å². The molecule has 0 saturated carbocycles. The number of hydrogen-bond donors (Lipinski definition) is 2. The van der Waals surface area contributed by atoms with Gasteiger partial charge in [0.05, 0.1) is 22.7 Å². The van der Waals surface area contributed by atoms with E-state index in [4.69, 9.17) is 5.26 Å². The molecule has 0 bridgehead atoms. The van der Waals surface area contributed by atoms with Crippen molar-refractivity contribution in [3.63, 3.8) is 0 Å². The van der Waals surface area contributed by atoms with E-state index in [1.807, 2.05) is 31.3 Å². The molecular weight excluding hydrogens is 314 g/mol. The Labute approximate surface area is 146 Å². The second kappa shape index (κ2) is 7.49. The molecule has 0 unspecified atom stereocenters. The lowest BCUT2D eigenvalue weighted by molar-refractivity contribution is 0.252. The van der Waals surface area contributed by atoms with Crippen LogP contribution in [0.1, 0.15) is 17.8 Å². The summed E-state index contributed by atoms with van der Waals surface area (Å²) < 4.78 is 2.09. The zero-order valence-corrected chi connectivity index (χ0v) is 14.0. The van der Waals surface area contributed by atoms with Gasteiger partial charge in [-0.25, -0.2) is 9.78 Å². The highest BCUT2D eigenvalue weighted by molar-refractivity contribution is 5.89. The van der Waals surface area contributed by atoms with Crippen LogP contribution in [0.4, 0.5) is 10.5 Å². The lowest BCUT2D eigenvalue weighted by Gasteiger charge is -2.07. The fourth-order valence-corrected chi connectivity index (χ4v) is 2.67. The standard InChI is InChI=1S/C19H19N5O/c1-24-17-6-3-2-5-16(17)23-18(24)7-4-12-21-19(25)22-15-10-8-14(13-20)9-11-15/h2-3,5-6,8-11H,4,7,12H2,1H3,(H2,21,22,25). The third kappa shape index (κ3) is 3.96. The van der Waals surface area contributed by atoms with Gasteiger partial charge >= 0.3 is 6.03 Å². The number of nitrogens with zero attached hydrogens (tertiary/aromatic N) is 3. The number of nitriles is 1. The van der Waals surface area contributed by atoms with Crippen LogP contribution in [0.2, 0.25) is 0 Å². The number of fused-ring (bicyclic) bond motifs is 1. The lowest BCUT2D eigenvalue weighted by atomic mass is 10.2. The number of rotatable bonds is 5. The predicted molar refractivity (Wildman–Crippen MR) is 97.2 cm³/mol. The number of para-hydroxylation sites is 2. The van der Waals surface area contributed by atoms with E-state index in [-0.39, 0.29) is 6.03 Å². The van der Waals surface area contributed by atoms with Crippen molar-refractivity contribution >= 4 is 22.8 Å². The van der Waals surface area contributed by atoms with Gasteiger partial charge in [-0.05, 0) is 42.8 Å². The smallest absolute Gasteiger partial charge is 0.319 e. The summed E-state index contributed by atoms with van der Waals surface area (Å²) in [6, 6.07) is 16.6. The molecule has 0 fully saturated rings. The molecule has 1 heterocycles. The molecule has 25 heavy (non-hydrogen) atoms. The van der Waals surface area contributed by atoms with Gasteiger partial charge in [0.15, 0.2) is 0 Å². The number of carbonyl (C=O) groups is 1. The number of carbonyl (C=O) groups excluding carboxylic acids is 1. The zero-order valence-electron chi connectivity index (χ0n) is 14.0. The van der Waals surface area contributed by atoms with E-state index in [1.54, 1.807) is 24.3 Å². The van der Waals surface area contributed by atoms with Gasteiger partial charge in [-0.1, -0.05) is 12.1 Å². The summed E-state index contributed by atoms with van der Waals surface area (Å²) in [4.78, 5) is 16.5. The minimum absolute atomic E-state index is 0.255. The van der Waals surface area contributed by atoms with Gasteiger partial charge in [0, 0.05) is 25.7 Å². The normalized spacial score (nSPS) is 10.4. The number of benzene rings is 2. The first kappa shape index (κ1) is 16.5. The van der Waals surface area contributed by atoms with Crippen LogP contribution in [0.15, 0.2) is 48.5 Å². The van der Waals surface area contributed by atoms with Crippen molar-refractivity contribution in [1.82, 2.24) is 14.9 Å². The van der Waals surface area contributed by atoms with Crippen LogP contribution in [-0.4, -0.2) is 22.1 Å². The van der Waals surface area contributed by atoms with Gasteiger partial charge in [-0.15, -0.1) is 0 Å². The number of imidazole rings is 1. The van der Waals surface area contributed by atoms with Crippen LogP contribution in [0.25, 0.3) is 11.0 Å². The largest absolute Gasteiger partial charge is 0.338 e. The molecule has 6 nitrogen and oxygen atoms in total. The minimum atomic E-state index is -0.255. The summed E-state index contributed by atoms with van der Waals surface area (Å²) >= 11 is 0. The Kier molecular flexibility index (Phi) is 4.95. The predicted octanol–water partition coefficient (Wildman–Crippen LogP) is 3.20. The van der Waals surface area contributed by atoms with Crippen molar-refractivity contribution in [2.24, 2.45) is 7.05 Å². The van der Waals surface area contributed by atoms with E-state index >= 15 is 0 Å². The molecule has 3 rings (SSSR count). The number of aryl methyl sites for hydroxylation is 2. The Hall–Kier alpha value is -3.33. The number of amides is 2. The van der Waals surface area contributed by atoms with E-state index in [0.29, 0.717) is 17.8 Å². The molecule has 6 heteroatoms. The highest BCUT2D eigenvalue weighted by Crippen LogP contribution is 2.15. The Bertz CT molecular complexity index is 921. The lowest BCUT2D eigenvalue weighted by Crippen LogP contribution is -2.29. The average molecular weight is 333 g/mol. The summed E-state index contributed by atoms with van der Waals surface area (Å²) in [5.74, 6) is 1.01. The summed E-state index contributed by atoms with van der Waals surface area (Å²) in [5, 5.41) is 14.3. The second-order valence-electron chi connectivity index (χ2n) is 5.75. The van der Waals surface area contributed by atoms with E-state index < -0.39 is 0 Å². The SMILES string of the molecule is Cn1c(CCCNC(=O)Nc2ccc(C#N)cc2)nc2ccccc21. The van der Waals surface area contributed by atoms with Crippen LogP contribution >= 0.6 is 0 Å². The van der Waals surface area contributed by atoms with Gasteiger partial charge in [-0.2, -0.15) is 5.26 Å². The first-order valence-electron chi connectivity index (χ1n) is 8.13. The maximum Gasteiger partial charge on any atom is 0.319 e. The maximum atomic E-state index is 11.9. The molecule has 2 N–H and O–H groups in total. The van der Waals surface area contributed by atoms with Gasteiger partial charge < -0.3 is 15.2 Å². The summed E-state index contributed by atoms with van der Waals surface area (Å²) in [6.07, 6.45) is 1.60. The number of aromatic nitrogens is 2. The quantitative estimate of drug-likeness (QED) is 0.703. The molecule has 2 aromatic carbocycles. The van der Waals surface area contributed by atoms with Crippen molar-refractivity contribution in [2.75, 3.05) is 11.9 Å². The molecule has 2 amide bonds. The summed E-state index contributed by atoms with van der Waals surface area (Å²) in [5.41, 5.74) is 3.33. The van der Waals surface area contributed by atoms with Crippen molar-refractivity contribution < 1.29 is 4.79 Å². The van der Waals surface area contributed by atoms with Crippen molar-refractivity contribution in [3.8, 4) is 6.07 Å². The number of nitrogens with one attached hydrogen (secondary N) is 2. The molecule has 0 spiro atoms. The van der Waals surface area contributed by atoms with E-state index in [0.717, 1.165) is 29.7 Å². The molecule has 0 atom stereocenters. The van der Waals surface area contributed by atoms with Crippen LogP contribution in [0, 0.1) is 11.3 Å². The molecule has 0 aliphatic heterocycles. The molecule has 126 valence electrons. The minimum Gasteiger partial charge on any atom is -0.338 e. The Morgan fingerprint density at radius 1 is 1.20 bits per heavy atom. The van der Waals surface area contributed by atoms with Crippen LogP contribution in [-0.2, 0) is 13.5 Å². The van der Waals surface area contributed by atoms with Gasteiger partial charge in [-0.3, -0.25) is 0 Å². The molecule has 3 aromatic rings. The molecule has 0 saturated heterocycles. The van der Waals surface area contributed by atoms with E-state index in [2.05, 4.69) is 26.3 Å². The Balaban J connectivity index is 1.46. The number of anilines is 1. The van der Waals surface area contributed by atoms with E-state index in [9.17, 15) is 4.79 Å². The topological polar surface area (TPSA) is 82.7 Å². The number of urea groups is 1. The van der Waals surface area contributed by atoms with Gasteiger partial charge in [0.2, 0.25) is 0 Å². The average Bonchev–Trinajstić information content (AvgIpc) is 2.96.